The maximum absolute atomic E-state index is 6.12. The molecule has 3 aromatic rings. The van der Waals surface area contributed by atoms with E-state index in [1.54, 1.807) is 36.7 Å². The molecule has 0 saturated carbocycles. The predicted octanol–water partition coefficient (Wildman–Crippen LogP) is 4.73. The Labute approximate surface area is 137 Å². The van der Waals surface area contributed by atoms with Crippen LogP contribution in [-0.4, -0.2) is 9.97 Å². The van der Waals surface area contributed by atoms with Gasteiger partial charge in [0.05, 0.1) is 28.5 Å². The Morgan fingerprint density at radius 2 is 1.86 bits per heavy atom. The largest absolute Gasteiger partial charge is 0.467 e. The molecule has 1 aromatic carbocycles. The first kappa shape index (κ1) is 14.7. The van der Waals surface area contributed by atoms with Crippen molar-refractivity contribution in [2.75, 3.05) is 10.6 Å². The number of hydrogen-bond donors (Lipinski definition) is 2. The first-order valence-electron chi connectivity index (χ1n) is 6.53. The summed E-state index contributed by atoms with van der Waals surface area (Å²) < 4.78 is 5.26. The van der Waals surface area contributed by atoms with Crippen LogP contribution < -0.4 is 10.6 Å². The third-order valence-electron chi connectivity index (χ3n) is 2.88. The first-order chi connectivity index (χ1) is 10.7. The zero-order valence-corrected chi connectivity index (χ0v) is 12.9. The van der Waals surface area contributed by atoms with Gasteiger partial charge in [-0.2, -0.15) is 4.98 Å². The van der Waals surface area contributed by atoms with Crippen molar-refractivity contribution in [1.82, 2.24) is 9.97 Å². The van der Waals surface area contributed by atoms with Crippen LogP contribution >= 0.6 is 23.2 Å². The molecule has 2 heterocycles. The maximum atomic E-state index is 6.12. The number of rotatable bonds is 5. The van der Waals surface area contributed by atoms with Crippen LogP contribution in [0.25, 0.3) is 0 Å². The van der Waals surface area contributed by atoms with Gasteiger partial charge in [-0.3, -0.25) is 0 Å². The van der Waals surface area contributed by atoms with Crippen molar-refractivity contribution >= 4 is 40.7 Å². The van der Waals surface area contributed by atoms with Crippen molar-refractivity contribution in [2.45, 2.75) is 6.54 Å². The quantitative estimate of drug-likeness (QED) is 0.706. The summed E-state index contributed by atoms with van der Waals surface area (Å²) in [7, 11) is 0. The summed E-state index contributed by atoms with van der Waals surface area (Å²) in [5.41, 5.74) is 0.578. The fourth-order valence-corrected chi connectivity index (χ4v) is 2.33. The zero-order valence-electron chi connectivity index (χ0n) is 11.4. The van der Waals surface area contributed by atoms with Gasteiger partial charge in [0.25, 0.3) is 0 Å². The molecular weight excluding hydrogens is 323 g/mol. The second-order valence-corrected chi connectivity index (χ2v) is 5.23. The average Bonchev–Trinajstić information content (AvgIpc) is 3.03. The Balaban J connectivity index is 1.73. The summed E-state index contributed by atoms with van der Waals surface area (Å²) in [6, 6.07) is 10.8. The Morgan fingerprint density at radius 1 is 1.05 bits per heavy atom. The summed E-state index contributed by atoms with van der Waals surface area (Å²) in [5.74, 6) is 1.89. The van der Waals surface area contributed by atoms with Crippen molar-refractivity contribution in [3.05, 3.63) is 64.7 Å². The van der Waals surface area contributed by atoms with E-state index in [-0.39, 0.29) is 0 Å². The van der Waals surface area contributed by atoms with Crippen molar-refractivity contribution in [2.24, 2.45) is 0 Å². The summed E-state index contributed by atoms with van der Waals surface area (Å²) in [5, 5.41) is 7.19. The van der Waals surface area contributed by atoms with Crippen molar-refractivity contribution < 1.29 is 4.42 Å². The van der Waals surface area contributed by atoms with E-state index >= 15 is 0 Å². The lowest BCUT2D eigenvalue weighted by atomic mass is 10.3. The average molecular weight is 335 g/mol. The normalized spacial score (nSPS) is 10.5. The minimum absolute atomic E-state index is 0.402. The molecular formula is C15H12Cl2N4O. The number of benzene rings is 1. The maximum Gasteiger partial charge on any atom is 0.229 e. The molecule has 2 aromatic heterocycles. The van der Waals surface area contributed by atoms with Crippen LogP contribution in [-0.2, 0) is 6.54 Å². The van der Waals surface area contributed by atoms with Crippen LogP contribution in [0.5, 0.6) is 0 Å². The Kier molecular flexibility index (Phi) is 4.46. The highest BCUT2D eigenvalue weighted by atomic mass is 35.5. The van der Waals surface area contributed by atoms with E-state index < -0.39 is 0 Å². The van der Waals surface area contributed by atoms with Gasteiger partial charge in [-0.05, 0) is 30.3 Å². The second kappa shape index (κ2) is 6.68. The molecule has 0 fully saturated rings. The van der Waals surface area contributed by atoms with Crippen molar-refractivity contribution in [3.8, 4) is 0 Å². The monoisotopic (exact) mass is 334 g/mol. The van der Waals surface area contributed by atoms with Crippen molar-refractivity contribution in [3.63, 3.8) is 0 Å². The molecule has 7 heteroatoms. The first-order valence-corrected chi connectivity index (χ1v) is 7.28. The molecule has 0 atom stereocenters. The molecule has 112 valence electrons. The van der Waals surface area contributed by atoms with Gasteiger partial charge >= 0.3 is 0 Å². The molecule has 2 N–H and O–H groups in total. The topological polar surface area (TPSA) is 63.0 Å². The smallest absolute Gasteiger partial charge is 0.229 e. The summed E-state index contributed by atoms with van der Waals surface area (Å²) in [6.45, 7) is 0.538. The molecule has 0 unspecified atom stereocenters. The number of aromatic nitrogens is 2. The van der Waals surface area contributed by atoms with Gasteiger partial charge in [0.2, 0.25) is 5.95 Å². The van der Waals surface area contributed by atoms with Crippen LogP contribution in [0.3, 0.4) is 0 Å². The molecule has 0 aliphatic heterocycles. The predicted molar refractivity (Wildman–Crippen MR) is 87.8 cm³/mol. The number of nitrogens with one attached hydrogen (secondary N) is 2. The lowest BCUT2D eigenvalue weighted by Crippen LogP contribution is -2.04. The number of para-hydroxylation sites is 1. The van der Waals surface area contributed by atoms with E-state index in [1.165, 1.54) is 0 Å². The van der Waals surface area contributed by atoms with Gasteiger partial charge in [0.15, 0.2) is 0 Å². The standard InChI is InChI=1S/C15H12Cl2N4O/c16-11-4-1-5-12(17)14(11)21-15-18-7-6-13(20-15)19-9-10-3-2-8-22-10/h1-8H,9H2,(H2,18,19,20,21). The molecule has 0 aliphatic carbocycles. The van der Waals surface area contributed by atoms with E-state index in [1.807, 2.05) is 12.1 Å². The molecule has 22 heavy (non-hydrogen) atoms. The van der Waals surface area contributed by atoms with Gasteiger partial charge < -0.3 is 15.1 Å². The summed E-state index contributed by atoms with van der Waals surface area (Å²) >= 11 is 12.2. The summed E-state index contributed by atoms with van der Waals surface area (Å²) in [4.78, 5) is 8.52. The lowest BCUT2D eigenvalue weighted by Gasteiger charge is -2.10. The number of furan rings is 1. The molecule has 0 aliphatic rings. The SMILES string of the molecule is Clc1cccc(Cl)c1Nc1nccc(NCc2ccco2)n1. The third kappa shape index (κ3) is 3.50. The number of halogens is 2. The molecule has 0 radical (unpaired) electrons. The van der Waals surface area contributed by atoms with Crippen LogP contribution in [0.1, 0.15) is 5.76 Å². The Hall–Kier alpha value is -2.24. The van der Waals surface area contributed by atoms with Gasteiger partial charge in [0.1, 0.15) is 11.6 Å². The molecule has 0 spiro atoms. The lowest BCUT2D eigenvalue weighted by molar-refractivity contribution is 0.518. The van der Waals surface area contributed by atoms with E-state index in [9.17, 15) is 0 Å². The molecule has 0 saturated heterocycles. The Morgan fingerprint density at radius 3 is 2.59 bits per heavy atom. The van der Waals surface area contributed by atoms with E-state index in [2.05, 4.69) is 20.6 Å². The van der Waals surface area contributed by atoms with Crippen LogP contribution in [0, 0.1) is 0 Å². The van der Waals surface area contributed by atoms with Crippen molar-refractivity contribution in [1.29, 1.82) is 0 Å². The second-order valence-electron chi connectivity index (χ2n) is 4.42. The van der Waals surface area contributed by atoms with E-state index in [0.29, 0.717) is 34.0 Å². The number of anilines is 3. The molecule has 0 bridgehead atoms. The van der Waals surface area contributed by atoms with Gasteiger partial charge in [-0.15, -0.1) is 0 Å². The third-order valence-corrected chi connectivity index (χ3v) is 3.51. The molecule has 5 nitrogen and oxygen atoms in total. The van der Waals surface area contributed by atoms with Crippen LogP contribution in [0.2, 0.25) is 10.0 Å². The fraction of sp³-hybridized carbons (Fsp3) is 0.0667. The van der Waals surface area contributed by atoms with E-state index in [4.69, 9.17) is 27.6 Å². The van der Waals surface area contributed by atoms with Gasteiger partial charge in [0, 0.05) is 6.20 Å². The highest BCUT2D eigenvalue weighted by molar-refractivity contribution is 6.39. The van der Waals surface area contributed by atoms with Gasteiger partial charge in [-0.1, -0.05) is 29.3 Å². The summed E-state index contributed by atoms with van der Waals surface area (Å²) in [6.07, 6.45) is 3.27. The highest BCUT2D eigenvalue weighted by Crippen LogP contribution is 2.31. The molecule has 0 amide bonds. The minimum Gasteiger partial charge on any atom is -0.467 e. The fourth-order valence-electron chi connectivity index (χ4n) is 1.84. The molecule has 3 rings (SSSR count). The van der Waals surface area contributed by atoms with Crippen LogP contribution in [0.15, 0.2) is 53.3 Å². The zero-order chi connectivity index (χ0) is 15.4. The van der Waals surface area contributed by atoms with E-state index in [0.717, 1.165) is 5.76 Å². The van der Waals surface area contributed by atoms with Gasteiger partial charge in [-0.25, -0.2) is 4.98 Å². The number of nitrogens with zero attached hydrogens (tertiary/aromatic N) is 2. The Bertz CT molecular complexity index is 742. The highest BCUT2D eigenvalue weighted by Gasteiger charge is 2.07. The van der Waals surface area contributed by atoms with Crippen LogP contribution in [0.4, 0.5) is 17.5 Å². The minimum atomic E-state index is 0.402. The number of hydrogen-bond acceptors (Lipinski definition) is 5.